The number of benzene rings is 1. The number of aryl methyl sites for hydroxylation is 1. The van der Waals surface area contributed by atoms with Crippen LogP contribution in [-0.4, -0.2) is 27.7 Å². The van der Waals surface area contributed by atoms with Crippen molar-refractivity contribution >= 4 is 5.97 Å². The minimum atomic E-state index is -1.04. The van der Waals surface area contributed by atoms with E-state index in [1.807, 2.05) is 18.2 Å². The molecule has 0 fully saturated rings. The van der Waals surface area contributed by atoms with Crippen LogP contribution >= 0.6 is 0 Å². The second kappa shape index (κ2) is 4.80. The maximum Gasteiger partial charge on any atom is 0.339 e. The first kappa shape index (κ1) is 12.4. The molecular weight excluding hydrogens is 260 g/mol. The van der Waals surface area contributed by atoms with Crippen LogP contribution in [0.3, 0.4) is 0 Å². The van der Waals surface area contributed by atoms with Crippen LogP contribution in [-0.2, 0) is 0 Å². The number of nitrogens with zero attached hydrogens (tertiary/aromatic N) is 2. The van der Waals surface area contributed by atoms with E-state index in [4.69, 9.17) is 14.6 Å². The number of hydrogen-bond acceptors (Lipinski definition) is 5. The Morgan fingerprint density at radius 2 is 2.10 bits per heavy atom. The fourth-order valence-corrected chi connectivity index (χ4v) is 2.00. The van der Waals surface area contributed by atoms with Gasteiger partial charge in [-0.25, -0.2) is 14.8 Å². The van der Waals surface area contributed by atoms with E-state index in [-0.39, 0.29) is 5.56 Å². The van der Waals surface area contributed by atoms with Crippen LogP contribution in [0.15, 0.2) is 30.5 Å². The van der Waals surface area contributed by atoms with Crippen molar-refractivity contribution in [3.63, 3.8) is 0 Å². The molecule has 1 aliphatic heterocycles. The van der Waals surface area contributed by atoms with E-state index in [1.165, 1.54) is 6.20 Å². The summed E-state index contributed by atoms with van der Waals surface area (Å²) in [5.41, 5.74) is 0.496. The highest BCUT2D eigenvalue weighted by atomic mass is 16.6. The predicted molar refractivity (Wildman–Crippen MR) is 69.0 cm³/mol. The smallest absolute Gasteiger partial charge is 0.339 e. The molecule has 1 aromatic carbocycles. The molecular formula is C14H12N2O4. The fraction of sp³-hybridized carbons (Fsp3) is 0.214. The molecule has 2 aromatic rings. The van der Waals surface area contributed by atoms with Gasteiger partial charge in [0.05, 0.1) is 11.3 Å². The Labute approximate surface area is 115 Å². The quantitative estimate of drug-likeness (QED) is 0.900. The van der Waals surface area contributed by atoms with Crippen LogP contribution in [0.2, 0.25) is 0 Å². The lowest BCUT2D eigenvalue weighted by Gasteiger charge is -2.25. The Morgan fingerprint density at radius 3 is 2.80 bits per heavy atom. The van der Waals surface area contributed by atoms with Gasteiger partial charge in [-0.05, 0) is 19.1 Å². The van der Waals surface area contributed by atoms with Gasteiger partial charge in [0.2, 0.25) is 0 Å². The van der Waals surface area contributed by atoms with Crippen molar-refractivity contribution < 1.29 is 19.4 Å². The molecule has 0 spiro atoms. The summed E-state index contributed by atoms with van der Waals surface area (Å²) < 4.78 is 11.4. The van der Waals surface area contributed by atoms with E-state index < -0.39 is 12.1 Å². The summed E-state index contributed by atoms with van der Waals surface area (Å²) in [6, 6.07) is 7.35. The van der Waals surface area contributed by atoms with Gasteiger partial charge in [0.25, 0.3) is 0 Å². The van der Waals surface area contributed by atoms with Gasteiger partial charge in [-0.1, -0.05) is 12.1 Å². The number of carboxylic acid groups (broad SMARTS) is 1. The lowest BCUT2D eigenvalue weighted by atomic mass is 10.2. The molecule has 102 valence electrons. The van der Waals surface area contributed by atoms with Crippen LogP contribution in [0.25, 0.3) is 0 Å². The lowest BCUT2D eigenvalue weighted by molar-refractivity contribution is 0.0692. The summed E-state index contributed by atoms with van der Waals surface area (Å²) in [7, 11) is 0. The first-order valence-corrected chi connectivity index (χ1v) is 6.10. The Bertz CT molecular complexity index is 672. The van der Waals surface area contributed by atoms with Crippen LogP contribution in [0.1, 0.15) is 28.0 Å². The topological polar surface area (TPSA) is 81.5 Å². The number of carboxylic acids is 1. The normalized spacial score (nSPS) is 16.8. The Morgan fingerprint density at radius 1 is 1.35 bits per heavy atom. The standard InChI is InChI=1S/C14H12N2O4/c1-8-9(14(17)18)6-15-13(16-8)12-7-19-10-4-2-3-5-11(10)20-12/h2-6,12H,7H2,1H3,(H,17,18). The zero-order chi connectivity index (χ0) is 14.1. The van der Waals surface area contributed by atoms with E-state index >= 15 is 0 Å². The van der Waals surface area contributed by atoms with Gasteiger partial charge in [0.1, 0.15) is 6.61 Å². The molecule has 0 bridgehead atoms. The average Bonchev–Trinajstić information content (AvgIpc) is 2.46. The van der Waals surface area contributed by atoms with E-state index in [0.29, 0.717) is 29.6 Å². The Kier molecular flexibility index (Phi) is 2.98. The molecule has 0 saturated heterocycles. The Balaban J connectivity index is 1.88. The number of aromatic nitrogens is 2. The highest BCUT2D eigenvalue weighted by molar-refractivity contribution is 5.88. The summed E-state index contributed by atoms with van der Waals surface area (Å²) in [6.45, 7) is 1.93. The van der Waals surface area contributed by atoms with Crippen molar-refractivity contribution in [2.24, 2.45) is 0 Å². The zero-order valence-electron chi connectivity index (χ0n) is 10.7. The third-order valence-electron chi connectivity index (χ3n) is 3.02. The third-order valence-corrected chi connectivity index (χ3v) is 3.02. The lowest BCUT2D eigenvalue weighted by Crippen LogP contribution is -2.24. The fourth-order valence-electron chi connectivity index (χ4n) is 2.00. The van der Waals surface area contributed by atoms with Crippen molar-refractivity contribution in [2.45, 2.75) is 13.0 Å². The minimum absolute atomic E-state index is 0.0888. The highest BCUT2D eigenvalue weighted by Crippen LogP contribution is 2.34. The predicted octanol–water partition coefficient (Wildman–Crippen LogP) is 2.00. The van der Waals surface area contributed by atoms with Crippen LogP contribution in [0.5, 0.6) is 11.5 Å². The molecule has 1 unspecified atom stereocenters. The molecule has 20 heavy (non-hydrogen) atoms. The van der Waals surface area contributed by atoms with Crippen molar-refractivity contribution in [3.05, 3.63) is 47.5 Å². The van der Waals surface area contributed by atoms with E-state index in [2.05, 4.69) is 9.97 Å². The monoisotopic (exact) mass is 272 g/mol. The van der Waals surface area contributed by atoms with Crippen molar-refractivity contribution in [3.8, 4) is 11.5 Å². The molecule has 2 heterocycles. The molecule has 6 heteroatoms. The van der Waals surface area contributed by atoms with E-state index in [9.17, 15) is 4.79 Å². The molecule has 1 N–H and O–H groups in total. The van der Waals surface area contributed by atoms with Gasteiger partial charge in [-0.2, -0.15) is 0 Å². The first-order chi connectivity index (χ1) is 9.65. The average molecular weight is 272 g/mol. The summed E-state index contributed by atoms with van der Waals surface area (Å²) >= 11 is 0. The van der Waals surface area contributed by atoms with Gasteiger partial charge in [-0.3, -0.25) is 0 Å². The van der Waals surface area contributed by atoms with Crippen LogP contribution < -0.4 is 9.47 Å². The molecule has 0 amide bonds. The molecule has 1 aromatic heterocycles. The molecule has 0 radical (unpaired) electrons. The van der Waals surface area contributed by atoms with Gasteiger partial charge in [0, 0.05) is 6.20 Å². The van der Waals surface area contributed by atoms with E-state index in [0.717, 1.165) is 0 Å². The summed E-state index contributed by atoms with van der Waals surface area (Å²) in [4.78, 5) is 19.2. The summed E-state index contributed by atoms with van der Waals surface area (Å²) in [6.07, 6.45) is 0.857. The van der Waals surface area contributed by atoms with E-state index in [1.54, 1.807) is 13.0 Å². The second-order valence-corrected chi connectivity index (χ2v) is 4.40. The second-order valence-electron chi connectivity index (χ2n) is 4.40. The van der Waals surface area contributed by atoms with Crippen LogP contribution in [0, 0.1) is 6.92 Å². The molecule has 1 atom stereocenters. The third kappa shape index (κ3) is 2.16. The number of ether oxygens (including phenoxy) is 2. The van der Waals surface area contributed by atoms with Gasteiger partial charge >= 0.3 is 5.97 Å². The van der Waals surface area contributed by atoms with Gasteiger partial charge in [-0.15, -0.1) is 0 Å². The van der Waals surface area contributed by atoms with Crippen molar-refractivity contribution in [1.29, 1.82) is 0 Å². The maximum absolute atomic E-state index is 10.9. The van der Waals surface area contributed by atoms with Crippen LogP contribution in [0.4, 0.5) is 0 Å². The highest BCUT2D eigenvalue weighted by Gasteiger charge is 2.25. The van der Waals surface area contributed by atoms with Crippen molar-refractivity contribution in [2.75, 3.05) is 6.61 Å². The molecule has 3 rings (SSSR count). The maximum atomic E-state index is 10.9. The number of fused-ring (bicyclic) bond motifs is 1. The first-order valence-electron chi connectivity index (χ1n) is 6.10. The number of aromatic carboxylic acids is 1. The number of para-hydroxylation sites is 2. The van der Waals surface area contributed by atoms with Gasteiger partial charge < -0.3 is 14.6 Å². The summed E-state index contributed by atoms with van der Waals surface area (Å²) in [5.74, 6) is 0.692. The van der Waals surface area contributed by atoms with Crippen molar-refractivity contribution in [1.82, 2.24) is 9.97 Å². The zero-order valence-corrected chi connectivity index (χ0v) is 10.7. The molecule has 6 nitrogen and oxygen atoms in total. The minimum Gasteiger partial charge on any atom is -0.485 e. The Hall–Kier alpha value is -2.63. The number of carbonyl (C=O) groups is 1. The number of hydrogen-bond donors (Lipinski definition) is 1. The van der Waals surface area contributed by atoms with Gasteiger partial charge in [0.15, 0.2) is 23.4 Å². The molecule has 1 aliphatic rings. The summed E-state index contributed by atoms with van der Waals surface area (Å²) in [5, 5.41) is 8.96. The molecule has 0 aliphatic carbocycles. The largest absolute Gasteiger partial charge is 0.485 e. The SMILES string of the molecule is Cc1nc(C2COc3ccccc3O2)ncc1C(=O)O. The number of rotatable bonds is 2. The molecule has 0 saturated carbocycles.